The molecular weight excluding hydrogens is 376 g/mol. The Morgan fingerprint density at radius 2 is 1.28 bits per heavy atom. The number of hydrogen-bond acceptors (Lipinski definition) is 0. The number of rotatable bonds is 0. The number of nitrogens with one attached hydrogen (secondary N) is 1. The monoisotopic (exact) mass is 390 g/mol. The number of pyridine rings is 1. The normalized spacial score (nSPS) is 12.3. The molecule has 4 aromatic carbocycles. The molecule has 0 fully saturated rings. The van der Waals surface area contributed by atoms with Crippen LogP contribution in [0.4, 0.5) is 0 Å². The van der Waals surface area contributed by atoms with Crippen molar-refractivity contribution < 1.29 is 0 Å². The Morgan fingerprint density at radius 3 is 2.14 bits per heavy atom. The fraction of sp³-hybridized carbons (Fsp3) is 0. The second kappa shape index (κ2) is 5.31. The standard InChI is InChI=1S/C26H15ClN2/c27-16-9-10-22-21(13-16)20-11-15-12-26-19-7-2-1-5-17(19)18-6-3-4-8-24(18)29(26)25(15)14-23(20)28-22/h1-14,28H. The van der Waals surface area contributed by atoms with E-state index in [2.05, 4.69) is 82.2 Å². The van der Waals surface area contributed by atoms with E-state index in [9.17, 15) is 0 Å². The molecule has 0 aliphatic carbocycles. The maximum Gasteiger partial charge on any atom is 0.0556 e. The molecule has 7 aromatic rings. The molecule has 136 valence electrons. The van der Waals surface area contributed by atoms with Crippen LogP contribution in [0, 0.1) is 0 Å². The second-order valence-electron chi connectivity index (χ2n) is 7.70. The third-order valence-electron chi connectivity index (χ3n) is 6.12. The smallest absolute Gasteiger partial charge is 0.0556 e. The van der Waals surface area contributed by atoms with Crippen LogP contribution in [0.1, 0.15) is 0 Å². The van der Waals surface area contributed by atoms with Gasteiger partial charge >= 0.3 is 0 Å². The Kier molecular flexibility index (Phi) is 2.83. The molecule has 0 atom stereocenters. The summed E-state index contributed by atoms with van der Waals surface area (Å²) in [6.07, 6.45) is 0. The predicted octanol–water partition coefficient (Wildman–Crippen LogP) is 7.69. The summed E-state index contributed by atoms with van der Waals surface area (Å²) in [6.45, 7) is 0. The van der Waals surface area contributed by atoms with Gasteiger partial charge in [-0.05, 0) is 47.9 Å². The van der Waals surface area contributed by atoms with Gasteiger partial charge in [0.2, 0.25) is 0 Å². The lowest BCUT2D eigenvalue weighted by molar-refractivity contribution is 1.35. The van der Waals surface area contributed by atoms with E-state index in [1.807, 2.05) is 12.1 Å². The van der Waals surface area contributed by atoms with Gasteiger partial charge < -0.3 is 9.38 Å². The Hall–Kier alpha value is -3.49. The molecule has 1 N–H and O–H groups in total. The zero-order valence-electron chi connectivity index (χ0n) is 15.4. The number of halogens is 1. The first-order chi connectivity index (χ1) is 14.3. The number of hydrogen-bond donors (Lipinski definition) is 1. The zero-order chi connectivity index (χ0) is 19.1. The second-order valence-corrected chi connectivity index (χ2v) is 8.14. The summed E-state index contributed by atoms with van der Waals surface area (Å²) >= 11 is 6.27. The molecule has 0 aliphatic heterocycles. The summed E-state index contributed by atoms with van der Waals surface area (Å²) in [5.41, 5.74) is 5.93. The molecule has 2 nitrogen and oxygen atoms in total. The van der Waals surface area contributed by atoms with Gasteiger partial charge in [0, 0.05) is 43.0 Å². The van der Waals surface area contributed by atoms with E-state index in [0.717, 1.165) is 16.1 Å². The van der Waals surface area contributed by atoms with Gasteiger partial charge in [-0.3, -0.25) is 0 Å². The van der Waals surface area contributed by atoms with Gasteiger partial charge in [-0.1, -0.05) is 54.1 Å². The molecule has 0 unspecified atom stereocenters. The maximum absolute atomic E-state index is 6.27. The lowest BCUT2D eigenvalue weighted by atomic mass is 10.1. The molecule has 0 aliphatic rings. The molecule has 0 amide bonds. The average molecular weight is 391 g/mol. The summed E-state index contributed by atoms with van der Waals surface area (Å²) in [6, 6.07) is 30.2. The molecule has 0 bridgehead atoms. The third kappa shape index (κ3) is 1.96. The molecule has 3 aromatic heterocycles. The van der Waals surface area contributed by atoms with Crippen LogP contribution >= 0.6 is 11.6 Å². The van der Waals surface area contributed by atoms with Crippen molar-refractivity contribution in [2.45, 2.75) is 0 Å². The predicted molar refractivity (Wildman–Crippen MR) is 124 cm³/mol. The minimum atomic E-state index is 0.762. The SMILES string of the molecule is Clc1ccc2[nH]c3cc4c(cc3c2c1)cc1c2ccccc2c2ccccc2n41. The summed E-state index contributed by atoms with van der Waals surface area (Å²) in [7, 11) is 0. The van der Waals surface area contributed by atoms with Crippen LogP contribution in [0.2, 0.25) is 5.02 Å². The summed E-state index contributed by atoms with van der Waals surface area (Å²) in [5.74, 6) is 0. The van der Waals surface area contributed by atoms with Crippen LogP contribution in [0.25, 0.3) is 59.9 Å². The highest BCUT2D eigenvalue weighted by molar-refractivity contribution is 6.32. The van der Waals surface area contributed by atoms with Crippen molar-refractivity contribution in [1.29, 1.82) is 0 Å². The first kappa shape index (κ1) is 15.4. The van der Waals surface area contributed by atoms with E-state index in [1.165, 1.54) is 48.9 Å². The minimum absolute atomic E-state index is 0.762. The molecule has 3 heteroatoms. The minimum Gasteiger partial charge on any atom is -0.354 e. The van der Waals surface area contributed by atoms with Gasteiger partial charge in [0.05, 0.1) is 16.6 Å². The Bertz CT molecular complexity index is 1770. The Morgan fingerprint density at radius 1 is 0.552 bits per heavy atom. The number of fused-ring (bicyclic) bond motifs is 11. The largest absolute Gasteiger partial charge is 0.354 e. The van der Waals surface area contributed by atoms with E-state index < -0.39 is 0 Å². The van der Waals surface area contributed by atoms with E-state index in [-0.39, 0.29) is 0 Å². The highest BCUT2D eigenvalue weighted by Gasteiger charge is 2.14. The lowest BCUT2D eigenvalue weighted by Gasteiger charge is -2.09. The van der Waals surface area contributed by atoms with Crippen LogP contribution in [0.3, 0.4) is 0 Å². The van der Waals surface area contributed by atoms with Gasteiger partial charge in [-0.15, -0.1) is 0 Å². The summed E-state index contributed by atoms with van der Waals surface area (Å²) < 4.78 is 2.39. The van der Waals surface area contributed by atoms with Gasteiger partial charge in [-0.25, -0.2) is 0 Å². The van der Waals surface area contributed by atoms with Crippen LogP contribution in [0.15, 0.2) is 84.9 Å². The molecular formula is C26H15ClN2. The van der Waals surface area contributed by atoms with Gasteiger partial charge in [0.25, 0.3) is 0 Å². The van der Waals surface area contributed by atoms with Gasteiger partial charge in [-0.2, -0.15) is 0 Å². The lowest BCUT2D eigenvalue weighted by Crippen LogP contribution is -1.90. The topological polar surface area (TPSA) is 20.2 Å². The number of H-pyrrole nitrogens is 1. The molecule has 0 radical (unpaired) electrons. The van der Waals surface area contributed by atoms with E-state index in [1.54, 1.807) is 0 Å². The summed E-state index contributed by atoms with van der Waals surface area (Å²) in [5, 5.41) is 8.22. The first-order valence-electron chi connectivity index (χ1n) is 9.73. The Labute approximate surface area is 170 Å². The van der Waals surface area contributed by atoms with Crippen molar-refractivity contribution in [3.8, 4) is 0 Å². The van der Waals surface area contributed by atoms with Crippen molar-refractivity contribution >= 4 is 71.5 Å². The molecule has 0 saturated heterocycles. The summed E-state index contributed by atoms with van der Waals surface area (Å²) in [4.78, 5) is 3.57. The average Bonchev–Trinajstić information content (AvgIpc) is 3.30. The molecule has 29 heavy (non-hydrogen) atoms. The fourth-order valence-corrected chi connectivity index (χ4v) is 5.04. The highest BCUT2D eigenvalue weighted by atomic mass is 35.5. The Balaban J connectivity index is 1.76. The van der Waals surface area contributed by atoms with E-state index in [4.69, 9.17) is 11.6 Å². The molecule has 0 spiro atoms. The number of aromatic amines is 1. The van der Waals surface area contributed by atoms with Crippen molar-refractivity contribution in [2.24, 2.45) is 0 Å². The van der Waals surface area contributed by atoms with Crippen LogP contribution < -0.4 is 0 Å². The zero-order valence-corrected chi connectivity index (χ0v) is 16.2. The fourth-order valence-electron chi connectivity index (χ4n) is 4.87. The van der Waals surface area contributed by atoms with Gasteiger partial charge in [0.1, 0.15) is 0 Å². The van der Waals surface area contributed by atoms with Crippen LogP contribution in [-0.2, 0) is 0 Å². The van der Waals surface area contributed by atoms with Crippen molar-refractivity contribution in [3.05, 3.63) is 90.0 Å². The highest BCUT2D eigenvalue weighted by Crippen LogP contribution is 2.37. The molecule has 0 saturated carbocycles. The number of benzene rings is 4. The molecule has 7 rings (SSSR count). The quantitative estimate of drug-likeness (QED) is 0.256. The van der Waals surface area contributed by atoms with Crippen LogP contribution in [0.5, 0.6) is 0 Å². The number of nitrogens with zero attached hydrogens (tertiary/aromatic N) is 1. The maximum atomic E-state index is 6.27. The third-order valence-corrected chi connectivity index (χ3v) is 6.36. The molecule has 3 heterocycles. The van der Waals surface area contributed by atoms with E-state index >= 15 is 0 Å². The first-order valence-corrected chi connectivity index (χ1v) is 10.1. The van der Waals surface area contributed by atoms with Crippen molar-refractivity contribution in [1.82, 2.24) is 9.38 Å². The number of aromatic nitrogens is 2. The number of para-hydroxylation sites is 1. The van der Waals surface area contributed by atoms with E-state index in [0.29, 0.717) is 0 Å². The van der Waals surface area contributed by atoms with Crippen molar-refractivity contribution in [2.75, 3.05) is 0 Å². The van der Waals surface area contributed by atoms with Gasteiger partial charge in [0.15, 0.2) is 0 Å². The van der Waals surface area contributed by atoms with Crippen LogP contribution in [-0.4, -0.2) is 9.38 Å². The van der Waals surface area contributed by atoms with Crippen molar-refractivity contribution in [3.63, 3.8) is 0 Å².